The Labute approximate surface area is 114 Å². The minimum Gasteiger partial charge on any atom is -0.350 e. The summed E-state index contributed by atoms with van der Waals surface area (Å²) in [6.45, 7) is 5.50. The predicted molar refractivity (Wildman–Crippen MR) is 73.2 cm³/mol. The summed E-state index contributed by atoms with van der Waals surface area (Å²) in [5.41, 5.74) is 6.13. The van der Waals surface area contributed by atoms with Crippen molar-refractivity contribution in [3.8, 4) is 0 Å². The van der Waals surface area contributed by atoms with E-state index in [-0.39, 0.29) is 18.5 Å². The molecule has 0 spiro atoms. The van der Waals surface area contributed by atoms with E-state index in [2.05, 4.69) is 34.4 Å². The van der Waals surface area contributed by atoms with Crippen LogP contribution >= 0.6 is 0 Å². The van der Waals surface area contributed by atoms with Crippen molar-refractivity contribution in [2.45, 2.75) is 33.0 Å². The Morgan fingerprint density at radius 3 is 2.68 bits per heavy atom. The highest BCUT2D eigenvalue weighted by atomic mass is 16.2. The maximum Gasteiger partial charge on any atom is 0.242 e. The van der Waals surface area contributed by atoms with E-state index in [9.17, 15) is 4.79 Å². The lowest BCUT2D eigenvalue weighted by atomic mass is 10.0. The van der Waals surface area contributed by atoms with Gasteiger partial charge in [-0.15, -0.1) is 5.10 Å². The summed E-state index contributed by atoms with van der Waals surface area (Å²) in [7, 11) is 3.99. The van der Waals surface area contributed by atoms with Crippen LogP contribution in [-0.4, -0.2) is 52.5 Å². The Morgan fingerprint density at radius 1 is 1.53 bits per heavy atom. The average Bonchev–Trinajstić information content (AvgIpc) is 2.75. The second-order valence-electron chi connectivity index (χ2n) is 5.29. The first-order chi connectivity index (χ1) is 8.92. The molecule has 1 aromatic heterocycles. The van der Waals surface area contributed by atoms with Gasteiger partial charge in [0.15, 0.2) is 0 Å². The van der Waals surface area contributed by atoms with E-state index in [0.717, 1.165) is 6.54 Å². The van der Waals surface area contributed by atoms with E-state index in [4.69, 9.17) is 5.73 Å². The molecule has 7 nitrogen and oxygen atoms in total. The topological polar surface area (TPSA) is 89.1 Å². The standard InChI is InChI=1S/C12H24N6O/c1-9(2)11(7-17(3)4)14-12(19)8-18-6-10(5-13)15-16-18/h6,9,11H,5,7-8,13H2,1-4H3,(H,14,19). The summed E-state index contributed by atoms with van der Waals surface area (Å²) in [4.78, 5) is 14.0. The van der Waals surface area contributed by atoms with E-state index in [1.165, 1.54) is 4.68 Å². The van der Waals surface area contributed by atoms with Crippen LogP contribution < -0.4 is 11.1 Å². The van der Waals surface area contributed by atoms with Crippen molar-refractivity contribution >= 4 is 5.91 Å². The van der Waals surface area contributed by atoms with Crippen LogP contribution in [0.2, 0.25) is 0 Å². The number of hydrogen-bond acceptors (Lipinski definition) is 5. The molecule has 1 aromatic rings. The van der Waals surface area contributed by atoms with Crippen LogP contribution in [0.3, 0.4) is 0 Å². The smallest absolute Gasteiger partial charge is 0.242 e. The Balaban J connectivity index is 2.52. The van der Waals surface area contributed by atoms with Gasteiger partial charge in [-0.1, -0.05) is 19.1 Å². The van der Waals surface area contributed by atoms with Gasteiger partial charge < -0.3 is 16.0 Å². The quantitative estimate of drug-likeness (QED) is 0.692. The highest BCUT2D eigenvalue weighted by Crippen LogP contribution is 2.03. The van der Waals surface area contributed by atoms with Gasteiger partial charge in [0.1, 0.15) is 6.54 Å². The molecule has 19 heavy (non-hydrogen) atoms. The molecule has 108 valence electrons. The molecule has 3 N–H and O–H groups in total. The third-order valence-corrected chi connectivity index (χ3v) is 2.81. The van der Waals surface area contributed by atoms with E-state index >= 15 is 0 Å². The number of amides is 1. The van der Waals surface area contributed by atoms with Crippen molar-refractivity contribution < 1.29 is 4.79 Å². The molecule has 1 amide bonds. The Bertz CT molecular complexity index is 401. The minimum absolute atomic E-state index is 0.0611. The number of carbonyl (C=O) groups excluding carboxylic acids is 1. The second-order valence-corrected chi connectivity index (χ2v) is 5.29. The third kappa shape index (κ3) is 5.35. The average molecular weight is 268 g/mol. The predicted octanol–water partition coefficient (Wildman–Crippen LogP) is -0.561. The van der Waals surface area contributed by atoms with Crippen molar-refractivity contribution in [1.82, 2.24) is 25.2 Å². The van der Waals surface area contributed by atoms with E-state index in [0.29, 0.717) is 18.2 Å². The Morgan fingerprint density at radius 2 is 2.21 bits per heavy atom. The number of aromatic nitrogens is 3. The van der Waals surface area contributed by atoms with Gasteiger partial charge in [0.05, 0.1) is 11.9 Å². The lowest BCUT2D eigenvalue weighted by Crippen LogP contribution is -2.46. The summed E-state index contributed by atoms with van der Waals surface area (Å²) < 4.78 is 1.50. The molecule has 0 aliphatic rings. The van der Waals surface area contributed by atoms with Crippen LogP contribution in [0.25, 0.3) is 0 Å². The lowest BCUT2D eigenvalue weighted by Gasteiger charge is -2.25. The zero-order valence-electron chi connectivity index (χ0n) is 12.1. The van der Waals surface area contributed by atoms with Crippen LogP contribution in [0.5, 0.6) is 0 Å². The van der Waals surface area contributed by atoms with Gasteiger partial charge in [0.25, 0.3) is 0 Å². The zero-order chi connectivity index (χ0) is 14.4. The molecule has 7 heteroatoms. The number of rotatable bonds is 7. The molecule has 1 heterocycles. The normalized spacial score (nSPS) is 13.0. The lowest BCUT2D eigenvalue weighted by molar-refractivity contribution is -0.123. The molecule has 0 saturated carbocycles. The molecule has 1 atom stereocenters. The van der Waals surface area contributed by atoms with E-state index in [1.54, 1.807) is 6.20 Å². The summed E-state index contributed by atoms with van der Waals surface area (Å²) >= 11 is 0. The molecule has 0 aromatic carbocycles. The number of nitrogens with one attached hydrogen (secondary N) is 1. The molecule has 0 radical (unpaired) electrons. The first-order valence-electron chi connectivity index (χ1n) is 6.45. The molecular weight excluding hydrogens is 244 g/mol. The van der Waals surface area contributed by atoms with Crippen molar-refractivity contribution in [3.05, 3.63) is 11.9 Å². The maximum absolute atomic E-state index is 12.0. The van der Waals surface area contributed by atoms with Crippen LogP contribution in [0.15, 0.2) is 6.20 Å². The van der Waals surface area contributed by atoms with Crippen LogP contribution in [0.1, 0.15) is 19.5 Å². The van der Waals surface area contributed by atoms with Crippen molar-refractivity contribution in [2.75, 3.05) is 20.6 Å². The van der Waals surface area contributed by atoms with Gasteiger partial charge in [0.2, 0.25) is 5.91 Å². The first kappa shape index (κ1) is 15.6. The fourth-order valence-corrected chi connectivity index (χ4v) is 1.73. The summed E-state index contributed by atoms with van der Waals surface area (Å²) in [5.74, 6) is 0.315. The maximum atomic E-state index is 12.0. The fourth-order valence-electron chi connectivity index (χ4n) is 1.73. The van der Waals surface area contributed by atoms with E-state index < -0.39 is 0 Å². The molecule has 1 unspecified atom stereocenters. The minimum atomic E-state index is -0.0611. The highest BCUT2D eigenvalue weighted by Gasteiger charge is 2.17. The molecule has 0 aliphatic carbocycles. The number of carbonyl (C=O) groups is 1. The molecular formula is C12H24N6O. The zero-order valence-corrected chi connectivity index (χ0v) is 12.1. The van der Waals surface area contributed by atoms with Crippen molar-refractivity contribution in [2.24, 2.45) is 11.7 Å². The molecule has 0 saturated heterocycles. The van der Waals surface area contributed by atoms with Gasteiger partial charge >= 0.3 is 0 Å². The molecule has 0 fully saturated rings. The largest absolute Gasteiger partial charge is 0.350 e. The van der Waals surface area contributed by atoms with Crippen LogP contribution in [-0.2, 0) is 17.9 Å². The first-order valence-corrected chi connectivity index (χ1v) is 6.45. The van der Waals surface area contributed by atoms with Gasteiger partial charge in [-0.2, -0.15) is 0 Å². The second kappa shape index (κ2) is 7.20. The van der Waals surface area contributed by atoms with Crippen LogP contribution in [0.4, 0.5) is 0 Å². The Kier molecular flexibility index (Phi) is 5.91. The van der Waals surface area contributed by atoms with E-state index in [1.807, 2.05) is 14.1 Å². The summed E-state index contributed by atoms with van der Waals surface area (Å²) in [6, 6.07) is 0.125. The number of nitrogens with zero attached hydrogens (tertiary/aromatic N) is 4. The number of likely N-dealkylation sites (N-methyl/N-ethyl adjacent to an activating group) is 1. The fraction of sp³-hybridized carbons (Fsp3) is 0.750. The van der Waals surface area contributed by atoms with Gasteiger partial charge in [-0.25, -0.2) is 4.68 Å². The monoisotopic (exact) mass is 268 g/mol. The van der Waals surface area contributed by atoms with Crippen LogP contribution in [0, 0.1) is 5.92 Å². The number of nitrogens with two attached hydrogens (primary N) is 1. The number of hydrogen-bond donors (Lipinski definition) is 2. The summed E-state index contributed by atoms with van der Waals surface area (Å²) in [5, 5.41) is 10.7. The Hall–Kier alpha value is -1.47. The highest BCUT2D eigenvalue weighted by molar-refractivity contribution is 5.76. The van der Waals surface area contributed by atoms with Crippen molar-refractivity contribution in [1.29, 1.82) is 0 Å². The van der Waals surface area contributed by atoms with Gasteiger partial charge in [-0.05, 0) is 20.0 Å². The molecule has 0 bridgehead atoms. The van der Waals surface area contributed by atoms with Gasteiger partial charge in [-0.3, -0.25) is 4.79 Å². The third-order valence-electron chi connectivity index (χ3n) is 2.81. The molecule has 1 rings (SSSR count). The molecule has 0 aliphatic heterocycles. The van der Waals surface area contributed by atoms with Gasteiger partial charge in [0, 0.05) is 19.1 Å². The summed E-state index contributed by atoms with van der Waals surface area (Å²) in [6.07, 6.45) is 1.69. The van der Waals surface area contributed by atoms with Crippen molar-refractivity contribution in [3.63, 3.8) is 0 Å². The SMILES string of the molecule is CC(C)C(CN(C)C)NC(=O)Cn1cc(CN)nn1.